The maximum absolute atomic E-state index is 10.6. The van der Waals surface area contributed by atoms with Gasteiger partial charge >= 0.3 is 5.97 Å². The molecule has 4 nitrogen and oxygen atoms in total. The van der Waals surface area contributed by atoms with Crippen molar-refractivity contribution in [3.05, 3.63) is 41.5 Å². The monoisotopic (exact) mass is 288 g/mol. The average molecular weight is 288 g/mol. The number of rotatable bonds is 5. The highest BCUT2D eigenvalue weighted by Gasteiger charge is 2.22. The number of carboxylic acid groups (broad SMARTS) is 1. The summed E-state index contributed by atoms with van der Waals surface area (Å²) in [5, 5.41) is 8.69. The van der Waals surface area contributed by atoms with Gasteiger partial charge in [0.25, 0.3) is 0 Å². The lowest BCUT2D eigenvalue weighted by Gasteiger charge is -2.39. The quantitative estimate of drug-likeness (QED) is 0.845. The van der Waals surface area contributed by atoms with Crippen LogP contribution in [-0.2, 0) is 11.3 Å². The van der Waals surface area contributed by atoms with Crippen LogP contribution in [0.25, 0.3) is 6.08 Å². The van der Waals surface area contributed by atoms with Crippen molar-refractivity contribution in [3.8, 4) is 0 Å². The number of benzene rings is 1. The molecule has 0 aromatic heterocycles. The zero-order chi connectivity index (χ0) is 15.2. The maximum atomic E-state index is 10.6. The van der Waals surface area contributed by atoms with Gasteiger partial charge in [-0.25, -0.2) is 4.79 Å². The van der Waals surface area contributed by atoms with Gasteiger partial charge in [0.1, 0.15) is 0 Å². The lowest BCUT2D eigenvalue weighted by molar-refractivity contribution is -0.131. The summed E-state index contributed by atoms with van der Waals surface area (Å²) in [7, 11) is 2.20. The predicted molar refractivity (Wildman–Crippen MR) is 85.1 cm³/mol. The van der Waals surface area contributed by atoms with Crippen molar-refractivity contribution >= 4 is 12.0 Å². The number of hydrogen-bond acceptors (Lipinski definition) is 3. The molecule has 1 N–H and O–H groups in total. The van der Waals surface area contributed by atoms with Crippen LogP contribution >= 0.6 is 0 Å². The van der Waals surface area contributed by atoms with Gasteiger partial charge < -0.3 is 10.0 Å². The molecule has 0 bridgehead atoms. The van der Waals surface area contributed by atoms with E-state index in [2.05, 4.69) is 35.9 Å². The van der Waals surface area contributed by atoms with Gasteiger partial charge in [-0.1, -0.05) is 31.2 Å². The Kier molecular flexibility index (Phi) is 5.53. The number of aliphatic carboxylic acids is 1. The van der Waals surface area contributed by atoms with E-state index in [0.29, 0.717) is 6.04 Å². The van der Waals surface area contributed by atoms with Crippen LogP contribution in [0.4, 0.5) is 0 Å². The van der Waals surface area contributed by atoms with Crippen LogP contribution in [0.3, 0.4) is 0 Å². The third kappa shape index (κ3) is 4.69. The normalized spacial score (nSPS) is 21.0. The summed E-state index contributed by atoms with van der Waals surface area (Å²) in [6.07, 6.45) is 4.00. The lowest BCUT2D eigenvalue weighted by Crippen LogP contribution is -2.50. The Morgan fingerprint density at radius 1 is 1.43 bits per heavy atom. The Hall–Kier alpha value is -1.65. The summed E-state index contributed by atoms with van der Waals surface area (Å²) in [5.74, 6) is -0.912. The fourth-order valence-corrected chi connectivity index (χ4v) is 2.82. The van der Waals surface area contributed by atoms with E-state index in [-0.39, 0.29) is 0 Å². The van der Waals surface area contributed by atoms with Gasteiger partial charge in [0.15, 0.2) is 0 Å². The number of carbonyl (C=O) groups is 1. The number of likely N-dealkylation sites (N-methyl/N-ethyl adjacent to an activating group) is 1. The molecule has 1 fully saturated rings. The van der Waals surface area contributed by atoms with Gasteiger partial charge in [-0.2, -0.15) is 0 Å². The largest absolute Gasteiger partial charge is 0.478 e. The van der Waals surface area contributed by atoms with Crippen LogP contribution in [0.15, 0.2) is 30.3 Å². The van der Waals surface area contributed by atoms with Crippen molar-refractivity contribution in [1.82, 2.24) is 9.80 Å². The summed E-state index contributed by atoms with van der Waals surface area (Å²) in [6, 6.07) is 8.73. The average Bonchev–Trinajstić information content (AvgIpc) is 2.47. The van der Waals surface area contributed by atoms with Gasteiger partial charge in [0.05, 0.1) is 0 Å². The van der Waals surface area contributed by atoms with Crippen molar-refractivity contribution in [2.45, 2.75) is 25.9 Å². The molecule has 0 aliphatic carbocycles. The van der Waals surface area contributed by atoms with Crippen LogP contribution in [0, 0.1) is 0 Å². The van der Waals surface area contributed by atoms with Crippen molar-refractivity contribution < 1.29 is 9.90 Å². The zero-order valence-electron chi connectivity index (χ0n) is 12.8. The highest BCUT2D eigenvalue weighted by molar-refractivity contribution is 5.85. The Morgan fingerprint density at radius 3 is 2.95 bits per heavy atom. The summed E-state index contributed by atoms with van der Waals surface area (Å²) < 4.78 is 0. The van der Waals surface area contributed by atoms with Crippen LogP contribution < -0.4 is 0 Å². The first-order chi connectivity index (χ1) is 10.1. The second-order valence-electron chi connectivity index (χ2n) is 5.69. The molecule has 1 unspecified atom stereocenters. The number of carboxylic acids is 1. The van der Waals surface area contributed by atoms with Crippen molar-refractivity contribution in [2.24, 2.45) is 0 Å². The van der Waals surface area contributed by atoms with E-state index >= 15 is 0 Å². The summed E-state index contributed by atoms with van der Waals surface area (Å²) >= 11 is 0. The summed E-state index contributed by atoms with van der Waals surface area (Å²) in [6.45, 7) is 6.46. The maximum Gasteiger partial charge on any atom is 0.328 e. The van der Waals surface area contributed by atoms with Gasteiger partial charge in [-0.15, -0.1) is 0 Å². The third-order valence-corrected chi connectivity index (χ3v) is 4.11. The Labute approximate surface area is 126 Å². The minimum atomic E-state index is -0.912. The van der Waals surface area contributed by atoms with E-state index in [1.807, 2.05) is 12.1 Å². The molecule has 0 amide bonds. The van der Waals surface area contributed by atoms with E-state index in [1.54, 1.807) is 6.08 Å². The first kappa shape index (κ1) is 15.7. The Bertz CT molecular complexity index is 513. The number of hydrogen-bond donors (Lipinski definition) is 1. The molecule has 1 aromatic carbocycles. The SMILES string of the molecule is CCC1CN(Cc2cccc(C=CC(=O)O)c2)CCN1C. The van der Waals surface area contributed by atoms with Crippen molar-refractivity contribution in [3.63, 3.8) is 0 Å². The molecule has 0 saturated carbocycles. The van der Waals surface area contributed by atoms with Crippen LogP contribution in [0.5, 0.6) is 0 Å². The minimum Gasteiger partial charge on any atom is -0.478 e. The molecule has 1 heterocycles. The van der Waals surface area contributed by atoms with Gasteiger partial charge in [0.2, 0.25) is 0 Å². The fraction of sp³-hybridized carbons (Fsp3) is 0.471. The Balaban J connectivity index is 1.99. The topological polar surface area (TPSA) is 43.8 Å². The number of piperazine rings is 1. The smallest absolute Gasteiger partial charge is 0.328 e. The molecule has 1 aromatic rings. The minimum absolute atomic E-state index is 0.633. The van der Waals surface area contributed by atoms with Gasteiger partial charge in [0, 0.05) is 38.3 Å². The fourth-order valence-electron chi connectivity index (χ4n) is 2.82. The van der Waals surface area contributed by atoms with Crippen LogP contribution in [0.1, 0.15) is 24.5 Å². The molecule has 1 aliphatic heterocycles. The molecule has 1 saturated heterocycles. The van der Waals surface area contributed by atoms with Gasteiger partial charge in [-0.3, -0.25) is 4.90 Å². The first-order valence-electron chi connectivity index (χ1n) is 7.51. The second-order valence-corrected chi connectivity index (χ2v) is 5.69. The molecule has 1 aliphatic rings. The van der Waals surface area contributed by atoms with E-state index in [9.17, 15) is 4.79 Å². The zero-order valence-corrected chi connectivity index (χ0v) is 12.8. The Morgan fingerprint density at radius 2 is 2.24 bits per heavy atom. The molecule has 0 spiro atoms. The highest BCUT2D eigenvalue weighted by Crippen LogP contribution is 2.15. The molecule has 21 heavy (non-hydrogen) atoms. The van der Waals surface area contributed by atoms with E-state index < -0.39 is 5.97 Å². The van der Waals surface area contributed by atoms with E-state index in [0.717, 1.165) is 31.7 Å². The van der Waals surface area contributed by atoms with E-state index in [1.165, 1.54) is 18.1 Å². The van der Waals surface area contributed by atoms with Crippen molar-refractivity contribution in [2.75, 3.05) is 26.7 Å². The molecule has 0 radical (unpaired) electrons. The first-order valence-corrected chi connectivity index (χ1v) is 7.51. The van der Waals surface area contributed by atoms with E-state index in [4.69, 9.17) is 5.11 Å². The number of nitrogens with zero attached hydrogens (tertiary/aromatic N) is 2. The van der Waals surface area contributed by atoms with Crippen molar-refractivity contribution in [1.29, 1.82) is 0 Å². The predicted octanol–water partition coefficient (Wildman–Crippen LogP) is 2.31. The van der Waals surface area contributed by atoms with Crippen LogP contribution in [0.2, 0.25) is 0 Å². The van der Waals surface area contributed by atoms with Crippen LogP contribution in [-0.4, -0.2) is 53.6 Å². The molecular formula is C17H24N2O2. The standard InChI is InChI=1S/C17H24N2O2/c1-3-16-13-19(10-9-18(16)2)12-15-6-4-5-14(11-15)7-8-17(20)21/h4-8,11,16H,3,9-10,12-13H2,1-2H3,(H,20,21). The summed E-state index contributed by atoms with van der Waals surface area (Å²) in [4.78, 5) is 15.5. The lowest BCUT2D eigenvalue weighted by atomic mass is 10.1. The highest BCUT2D eigenvalue weighted by atomic mass is 16.4. The van der Waals surface area contributed by atoms with Gasteiger partial charge in [-0.05, 0) is 30.7 Å². The second kappa shape index (κ2) is 7.38. The third-order valence-electron chi connectivity index (χ3n) is 4.11. The summed E-state index contributed by atoms with van der Waals surface area (Å²) in [5.41, 5.74) is 2.18. The molecular weight excluding hydrogens is 264 g/mol. The molecule has 114 valence electrons. The molecule has 2 rings (SSSR count). The molecule has 1 atom stereocenters. The molecule has 4 heteroatoms.